The minimum Gasteiger partial charge on any atom is -0.462 e. The Bertz CT molecular complexity index is 1610. The Kier molecular flexibility index (Phi) is 52.9. The number of phosphoric ester groups is 1. The molecule has 3 atom stereocenters. The van der Waals surface area contributed by atoms with Crippen molar-refractivity contribution in [1.29, 1.82) is 0 Å². The number of carbonyl (C=O) groups is 3. The van der Waals surface area contributed by atoms with E-state index in [0.717, 1.165) is 141 Å². The van der Waals surface area contributed by atoms with Crippen molar-refractivity contribution >= 4 is 25.7 Å². The number of rotatable bonds is 53. The summed E-state index contributed by atoms with van der Waals surface area (Å²) in [6, 6.07) is 0. The van der Waals surface area contributed by atoms with E-state index in [1.807, 2.05) is 0 Å². The maximum Gasteiger partial charge on any atom is 0.472 e. The van der Waals surface area contributed by atoms with Crippen LogP contribution in [0.2, 0.25) is 0 Å². The van der Waals surface area contributed by atoms with Crippen molar-refractivity contribution in [1.82, 2.24) is 0 Å². The zero-order valence-electron chi connectivity index (χ0n) is 46.8. The normalized spacial score (nSPS) is 14.1. The van der Waals surface area contributed by atoms with Crippen LogP contribution in [0.3, 0.4) is 0 Å². The fourth-order valence-corrected chi connectivity index (χ4v) is 8.37. The summed E-state index contributed by atoms with van der Waals surface area (Å²) in [5, 5.41) is 9.82. The minimum atomic E-state index is -4.77. The highest BCUT2D eigenvalue weighted by Crippen LogP contribution is 2.43. The smallest absolute Gasteiger partial charge is 0.462 e. The molecule has 3 unspecified atom stereocenters. The van der Waals surface area contributed by atoms with E-state index in [1.165, 1.54) is 38.5 Å². The number of allylic oxidation sites excluding steroid dienone is 16. The molecular weight excluding hydrogens is 952 g/mol. The molecule has 0 amide bonds. The molecule has 0 saturated carbocycles. The van der Waals surface area contributed by atoms with E-state index in [-0.39, 0.29) is 25.9 Å². The zero-order chi connectivity index (χ0) is 54.1. The van der Waals surface area contributed by atoms with Crippen LogP contribution in [0.15, 0.2) is 97.2 Å². The van der Waals surface area contributed by atoms with Gasteiger partial charge < -0.3 is 24.2 Å². The van der Waals surface area contributed by atoms with Crippen LogP contribution in [0.1, 0.15) is 239 Å². The molecule has 74 heavy (non-hydrogen) atoms. The van der Waals surface area contributed by atoms with Crippen molar-refractivity contribution < 1.29 is 52.2 Å². The highest BCUT2D eigenvalue weighted by Gasteiger charge is 2.28. The van der Waals surface area contributed by atoms with Gasteiger partial charge in [-0.1, -0.05) is 201 Å². The highest BCUT2D eigenvalue weighted by molar-refractivity contribution is 7.47. The quantitative estimate of drug-likeness (QED) is 0.0197. The second kappa shape index (κ2) is 55.6. The van der Waals surface area contributed by atoms with E-state index >= 15 is 0 Å². The molecule has 0 bridgehead atoms. The Hall–Kier alpha value is -3.60. The van der Waals surface area contributed by atoms with Crippen molar-refractivity contribution in [2.24, 2.45) is 0 Å². The lowest BCUT2D eigenvalue weighted by atomic mass is 10.1. The molecule has 424 valence electrons. The summed E-state index contributed by atoms with van der Waals surface area (Å²) in [5.74, 6) is -1.54. The van der Waals surface area contributed by atoms with Gasteiger partial charge in [0.05, 0.1) is 19.8 Å². The number of unbranched alkanes of at least 4 members (excludes halogenated alkanes) is 20. The molecule has 2 N–H and O–H groups in total. The second-order valence-electron chi connectivity index (χ2n) is 19.0. The van der Waals surface area contributed by atoms with Crippen LogP contribution in [0.5, 0.6) is 0 Å². The molecule has 0 aromatic heterocycles. The van der Waals surface area contributed by atoms with Gasteiger partial charge in [0.25, 0.3) is 0 Å². The number of aliphatic hydroxyl groups excluding tert-OH is 1. The fourth-order valence-electron chi connectivity index (χ4n) is 7.59. The molecule has 0 fully saturated rings. The third-order valence-electron chi connectivity index (χ3n) is 12.0. The Morgan fingerprint density at radius 3 is 1.12 bits per heavy atom. The van der Waals surface area contributed by atoms with Crippen LogP contribution in [-0.4, -0.2) is 66.5 Å². The third kappa shape index (κ3) is 53.2. The van der Waals surface area contributed by atoms with Gasteiger partial charge in [-0.2, -0.15) is 0 Å². The first kappa shape index (κ1) is 70.4. The van der Waals surface area contributed by atoms with E-state index in [0.29, 0.717) is 19.3 Å². The molecule has 0 aliphatic rings. The number of aliphatic hydroxyl groups is 1. The monoisotopic (exact) mass is 1060 g/mol. The lowest BCUT2D eigenvalue weighted by Crippen LogP contribution is -2.30. The van der Waals surface area contributed by atoms with Crippen molar-refractivity contribution in [3.8, 4) is 0 Å². The molecule has 0 aliphatic carbocycles. The molecule has 0 aromatic carbocycles. The summed E-state index contributed by atoms with van der Waals surface area (Å²) in [4.78, 5) is 48.5. The standard InChI is InChI=1S/C62H105O11P/c1-4-7-10-13-16-19-22-25-28-29-32-35-38-41-44-47-50-53-62(66)73-59(55-69-60(64)51-48-45-42-39-36-33-30-26-23-20-17-14-11-8-5-2)57-71-74(67,68)70-56-58(54-63)72-61(65)52-49-46-43-40-37-34-31-27-24-21-18-15-12-9-6-3/h7-8,10-11,16-17,19-20,25-28,30-31,36,39,58-59,63H,4-6,9,12-15,18,21-24,29,32-35,37-38,40-57H2,1-3H3,(H,67,68)/b10-7-,11-8-,19-16-,20-17-,28-25-,30-26-,31-27-,39-36-. The Morgan fingerprint density at radius 2 is 0.703 bits per heavy atom. The first-order valence-corrected chi connectivity index (χ1v) is 30.6. The maximum atomic E-state index is 12.9. The van der Waals surface area contributed by atoms with Gasteiger partial charge in [-0.05, 0) is 116 Å². The number of hydrogen-bond donors (Lipinski definition) is 2. The average Bonchev–Trinajstić information content (AvgIpc) is 3.39. The molecule has 11 nitrogen and oxygen atoms in total. The number of carbonyl (C=O) groups excluding carboxylic acids is 3. The van der Waals surface area contributed by atoms with Crippen molar-refractivity contribution in [3.63, 3.8) is 0 Å². The second-order valence-corrected chi connectivity index (χ2v) is 20.5. The van der Waals surface area contributed by atoms with Gasteiger partial charge in [0.2, 0.25) is 0 Å². The predicted molar refractivity (Wildman–Crippen MR) is 307 cm³/mol. The van der Waals surface area contributed by atoms with Crippen LogP contribution in [0.25, 0.3) is 0 Å². The first-order valence-electron chi connectivity index (χ1n) is 29.1. The van der Waals surface area contributed by atoms with Crippen LogP contribution in [-0.2, 0) is 42.2 Å². The molecule has 0 aromatic rings. The first-order chi connectivity index (χ1) is 36.2. The fraction of sp³-hybridized carbons (Fsp3) is 0.694. The summed E-state index contributed by atoms with van der Waals surface area (Å²) in [5.41, 5.74) is 0. The topological polar surface area (TPSA) is 155 Å². The molecule has 0 rings (SSSR count). The van der Waals surface area contributed by atoms with Crippen LogP contribution in [0.4, 0.5) is 0 Å². The van der Waals surface area contributed by atoms with Crippen molar-refractivity contribution in [2.75, 3.05) is 26.4 Å². The number of ether oxygens (including phenoxy) is 3. The maximum absolute atomic E-state index is 12.9. The largest absolute Gasteiger partial charge is 0.472 e. The Balaban J connectivity index is 4.80. The summed E-state index contributed by atoms with van der Waals surface area (Å²) < 4.78 is 39.5. The van der Waals surface area contributed by atoms with Crippen LogP contribution in [0, 0.1) is 0 Å². The number of hydrogen-bond acceptors (Lipinski definition) is 10. The molecule has 0 heterocycles. The van der Waals surface area contributed by atoms with Crippen molar-refractivity contribution in [3.05, 3.63) is 97.2 Å². The van der Waals surface area contributed by atoms with Gasteiger partial charge >= 0.3 is 25.7 Å². The van der Waals surface area contributed by atoms with Crippen molar-refractivity contribution in [2.45, 2.75) is 251 Å². The van der Waals surface area contributed by atoms with E-state index < -0.39 is 57.8 Å². The summed E-state index contributed by atoms with van der Waals surface area (Å²) in [7, 11) is -4.77. The molecule has 0 radical (unpaired) electrons. The molecule has 0 aliphatic heterocycles. The third-order valence-corrected chi connectivity index (χ3v) is 12.9. The van der Waals surface area contributed by atoms with E-state index in [1.54, 1.807) is 0 Å². The SMILES string of the molecule is CC/C=C\C/C=C\C/C=C\C/C=C\CCCCC(=O)OCC(COP(=O)(O)OCC(CO)OC(=O)CCCCCCC/C=C\CCCCCCCC)OC(=O)CCCCCCCCC/C=C\C/C=C\C/C=C\CC. The predicted octanol–water partition coefficient (Wildman–Crippen LogP) is 17.3. The van der Waals surface area contributed by atoms with Gasteiger partial charge in [0.15, 0.2) is 6.10 Å². The lowest BCUT2D eigenvalue weighted by molar-refractivity contribution is -0.161. The number of esters is 3. The van der Waals surface area contributed by atoms with E-state index in [4.69, 9.17) is 23.3 Å². The van der Waals surface area contributed by atoms with Gasteiger partial charge in [-0.15, -0.1) is 0 Å². The number of phosphoric acid groups is 1. The zero-order valence-corrected chi connectivity index (χ0v) is 47.7. The minimum absolute atomic E-state index is 0.143. The van der Waals surface area contributed by atoms with Crippen LogP contribution >= 0.6 is 7.82 Å². The summed E-state index contributed by atoms with van der Waals surface area (Å²) in [6.07, 6.45) is 65.1. The molecule has 0 saturated heterocycles. The Labute approximate surface area is 451 Å². The lowest BCUT2D eigenvalue weighted by Gasteiger charge is -2.21. The van der Waals surface area contributed by atoms with Gasteiger partial charge in [0.1, 0.15) is 12.7 Å². The highest BCUT2D eigenvalue weighted by atomic mass is 31.2. The van der Waals surface area contributed by atoms with Gasteiger partial charge in [-0.3, -0.25) is 23.4 Å². The molecular formula is C62H105O11P. The average molecular weight is 1060 g/mol. The Morgan fingerprint density at radius 1 is 0.392 bits per heavy atom. The molecule has 0 spiro atoms. The van der Waals surface area contributed by atoms with E-state index in [2.05, 4.69) is 118 Å². The van der Waals surface area contributed by atoms with E-state index in [9.17, 15) is 28.9 Å². The van der Waals surface area contributed by atoms with Gasteiger partial charge in [-0.25, -0.2) is 4.57 Å². The van der Waals surface area contributed by atoms with Gasteiger partial charge in [0, 0.05) is 19.3 Å². The summed E-state index contributed by atoms with van der Waals surface area (Å²) in [6.45, 7) is 4.35. The molecule has 12 heteroatoms. The van der Waals surface area contributed by atoms with Crippen LogP contribution < -0.4 is 0 Å². The summed E-state index contributed by atoms with van der Waals surface area (Å²) >= 11 is 0.